The molecule has 0 bridgehead atoms. The van der Waals surface area contributed by atoms with Crippen LogP contribution in [0.4, 0.5) is 11.4 Å². The van der Waals surface area contributed by atoms with E-state index in [1.165, 1.54) is 0 Å². The van der Waals surface area contributed by atoms with Crippen LogP contribution in [0.15, 0.2) is 48.5 Å². The minimum absolute atomic E-state index is 0.0645. The SMILES string of the molecule is CC1CC(=O)Nc2ccccc2N1C(=O)CN(C)Cc1cccc(C#N)c1. The van der Waals surface area contributed by atoms with Crippen LogP contribution in [0.3, 0.4) is 0 Å². The lowest BCUT2D eigenvalue weighted by Crippen LogP contribution is -2.44. The molecule has 1 unspecified atom stereocenters. The standard InChI is InChI=1S/C21H22N4O2/c1-15-10-20(26)23-18-8-3-4-9-19(18)25(15)21(27)14-24(2)13-17-7-5-6-16(11-17)12-22/h3-9,11,15H,10,13-14H2,1-2H3,(H,23,26). The number of rotatable bonds is 4. The van der Waals surface area contributed by atoms with Gasteiger partial charge in [0.2, 0.25) is 11.8 Å². The van der Waals surface area contributed by atoms with Crippen LogP contribution in [0.25, 0.3) is 0 Å². The van der Waals surface area contributed by atoms with Crippen LogP contribution in [-0.4, -0.2) is 36.3 Å². The van der Waals surface area contributed by atoms with Gasteiger partial charge in [0.15, 0.2) is 0 Å². The van der Waals surface area contributed by atoms with Gasteiger partial charge in [0.25, 0.3) is 0 Å². The van der Waals surface area contributed by atoms with Gasteiger partial charge in [0.05, 0.1) is 29.6 Å². The summed E-state index contributed by atoms with van der Waals surface area (Å²) >= 11 is 0. The average molecular weight is 362 g/mol. The van der Waals surface area contributed by atoms with Crippen LogP contribution in [0, 0.1) is 11.3 Å². The fourth-order valence-corrected chi connectivity index (χ4v) is 3.38. The van der Waals surface area contributed by atoms with Crippen molar-refractivity contribution in [3.8, 4) is 6.07 Å². The van der Waals surface area contributed by atoms with Gasteiger partial charge in [-0.15, -0.1) is 0 Å². The zero-order valence-corrected chi connectivity index (χ0v) is 15.5. The van der Waals surface area contributed by atoms with Crippen molar-refractivity contribution in [2.75, 3.05) is 23.8 Å². The van der Waals surface area contributed by atoms with Gasteiger partial charge in [-0.2, -0.15) is 5.26 Å². The third kappa shape index (κ3) is 4.33. The molecule has 1 aliphatic rings. The van der Waals surface area contributed by atoms with E-state index in [4.69, 9.17) is 5.26 Å². The number of hydrogen-bond acceptors (Lipinski definition) is 4. The van der Waals surface area contributed by atoms with Crippen molar-refractivity contribution in [2.24, 2.45) is 0 Å². The first-order valence-electron chi connectivity index (χ1n) is 8.86. The Morgan fingerprint density at radius 3 is 2.85 bits per heavy atom. The second kappa shape index (κ2) is 8.02. The molecule has 0 spiro atoms. The number of para-hydroxylation sites is 2. The second-order valence-corrected chi connectivity index (χ2v) is 6.87. The van der Waals surface area contributed by atoms with Crippen molar-refractivity contribution in [1.82, 2.24) is 4.90 Å². The summed E-state index contributed by atoms with van der Waals surface area (Å²) in [4.78, 5) is 28.7. The number of nitrogens with zero attached hydrogens (tertiary/aromatic N) is 3. The van der Waals surface area contributed by atoms with Crippen LogP contribution < -0.4 is 10.2 Å². The monoisotopic (exact) mass is 362 g/mol. The van der Waals surface area contributed by atoms with E-state index in [-0.39, 0.29) is 30.8 Å². The van der Waals surface area contributed by atoms with Crippen molar-refractivity contribution in [3.63, 3.8) is 0 Å². The van der Waals surface area contributed by atoms with Crippen LogP contribution in [0.2, 0.25) is 0 Å². The van der Waals surface area contributed by atoms with Crippen molar-refractivity contribution in [1.29, 1.82) is 5.26 Å². The summed E-state index contributed by atoms with van der Waals surface area (Å²) < 4.78 is 0. The highest BCUT2D eigenvalue weighted by molar-refractivity contribution is 6.04. The third-order valence-electron chi connectivity index (χ3n) is 4.54. The summed E-state index contributed by atoms with van der Waals surface area (Å²) in [6.45, 7) is 2.65. The molecule has 2 aromatic carbocycles. The molecule has 0 aromatic heterocycles. The molecule has 0 radical (unpaired) electrons. The van der Waals surface area contributed by atoms with Gasteiger partial charge in [0.1, 0.15) is 0 Å². The summed E-state index contributed by atoms with van der Waals surface area (Å²) in [7, 11) is 1.87. The Hall–Kier alpha value is -3.17. The Balaban J connectivity index is 1.76. The zero-order chi connectivity index (χ0) is 19.4. The van der Waals surface area contributed by atoms with Crippen LogP contribution in [0.1, 0.15) is 24.5 Å². The molecule has 0 saturated carbocycles. The van der Waals surface area contributed by atoms with Gasteiger partial charge in [-0.3, -0.25) is 14.5 Å². The number of carbonyl (C=O) groups is 2. The van der Waals surface area contributed by atoms with E-state index in [1.807, 2.05) is 61.3 Å². The normalized spacial score (nSPS) is 16.3. The van der Waals surface area contributed by atoms with Gasteiger partial charge < -0.3 is 10.2 Å². The lowest BCUT2D eigenvalue weighted by atomic mass is 10.1. The molecule has 1 atom stereocenters. The Labute approximate surface area is 159 Å². The second-order valence-electron chi connectivity index (χ2n) is 6.87. The zero-order valence-electron chi connectivity index (χ0n) is 15.5. The minimum Gasteiger partial charge on any atom is -0.324 e. The minimum atomic E-state index is -0.225. The molecule has 2 aromatic rings. The molecular formula is C21H22N4O2. The molecule has 3 rings (SSSR count). The van der Waals surface area contributed by atoms with Gasteiger partial charge >= 0.3 is 0 Å². The van der Waals surface area contributed by atoms with E-state index >= 15 is 0 Å². The van der Waals surface area contributed by atoms with Crippen molar-refractivity contribution >= 4 is 23.2 Å². The van der Waals surface area contributed by atoms with E-state index in [0.717, 1.165) is 11.3 Å². The predicted octanol–water partition coefficient (Wildman–Crippen LogP) is 2.75. The molecular weight excluding hydrogens is 340 g/mol. The quantitative estimate of drug-likeness (QED) is 0.907. The number of nitrogens with one attached hydrogen (secondary N) is 1. The number of likely N-dealkylation sites (N-methyl/N-ethyl adjacent to an activating group) is 1. The Bertz CT molecular complexity index is 903. The number of carbonyl (C=O) groups excluding carboxylic acids is 2. The summed E-state index contributed by atoms with van der Waals surface area (Å²) in [6.07, 6.45) is 0.258. The number of anilines is 2. The number of hydrogen-bond donors (Lipinski definition) is 1. The maximum absolute atomic E-state index is 13.0. The van der Waals surface area contributed by atoms with Crippen LogP contribution in [0.5, 0.6) is 0 Å². The van der Waals surface area contributed by atoms with Gasteiger partial charge in [-0.1, -0.05) is 24.3 Å². The predicted molar refractivity (Wildman–Crippen MR) is 104 cm³/mol. The first-order valence-corrected chi connectivity index (χ1v) is 8.86. The van der Waals surface area contributed by atoms with Gasteiger partial charge in [-0.05, 0) is 43.8 Å². The van der Waals surface area contributed by atoms with E-state index in [0.29, 0.717) is 17.8 Å². The molecule has 6 nitrogen and oxygen atoms in total. The molecule has 0 fully saturated rings. The van der Waals surface area contributed by atoms with Crippen LogP contribution >= 0.6 is 0 Å². The summed E-state index contributed by atoms with van der Waals surface area (Å²) in [5, 5.41) is 11.9. The summed E-state index contributed by atoms with van der Waals surface area (Å²) in [5.74, 6) is -0.155. The number of nitriles is 1. The van der Waals surface area contributed by atoms with E-state index < -0.39 is 0 Å². The molecule has 2 amide bonds. The van der Waals surface area contributed by atoms with E-state index in [1.54, 1.807) is 11.0 Å². The largest absolute Gasteiger partial charge is 0.324 e. The lowest BCUT2D eigenvalue weighted by Gasteiger charge is -2.29. The molecule has 138 valence electrons. The number of amides is 2. The smallest absolute Gasteiger partial charge is 0.241 e. The highest BCUT2D eigenvalue weighted by atomic mass is 16.2. The molecule has 0 aliphatic carbocycles. The molecule has 27 heavy (non-hydrogen) atoms. The number of fused-ring (bicyclic) bond motifs is 1. The molecule has 1 heterocycles. The summed E-state index contributed by atoms with van der Waals surface area (Å²) in [6, 6.07) is 16.6. The molecule has 1 N–H and O–H groups in total. The maximum Gasteiger partial charge on any atom is 0.241 e. The average Bonchev–Trinajstić information content (AvgIpc) is 2.75. The highest BCUT2D eigenvalue weighted by Crippen LogP contribution is 2.31. The van der Waals surface area contributed by atoms with Crippen LogP contribution in [-0.2, 0) is 16.1 Å². The highest BCUT2D eigenvalue weighted by Gasteiger charge is 2.29. The van der Waals surface area contributed by atoms with E-state index in [9.17, 15) is 9.59 Å². The fraction of sp³-hybridized carbons (Fsp3) is 0.286. The molecule has 0 saturated heterocycles. The molecule has 6 heteroatoms. The third-order valence-corrected chi connectivity index (χ3v) is 4.54. The molecule has 1 aliphatic heterocycles. The Morgan fingerprint density at radius 2 is 2.07 bits per heavy atom. The Kier molecular flexibility index (Phi) is 5.53. The van der Waals surface area contributed by atoms with Gasteiger partial charge in [0, 0.05) is 19.0 Å². The van der Waals surface area contributed by atoms with Gasteiger partial charge in [-0.25, -0.2) is 0 Å². The first kappa shape index (κ1) is 18.6. The number of benzene rings is 2. The Morgan fingerprint density at radius 1 is 1.30 bits per heavy atom. The van der Waals surface area contributed by atoms with Crippen molar-refractivity contribution in [3.05, 3.63) is 59.7 Å². The lowest BCUT2D eigenvalue weighted by molar-refractivity contribution is -0.120. The van der Waals surface area contributed by atoms with Crippen molar-refractivity contribution < 1.29 is 9.59 Å². The van der Waals surface area contributed by atoms with E-state index in [2.05, 4.69) is 11.4 Å². The first-order chi connectivity index (χ1) is 13.0. The summed E-state index contributed by atoms with van der Waals surface area (Å²) in [5.41, 5.74) is 2.96. The topological polar surface area (TPSA) is 76.4 Å². The fourth-order valence-electron chi connectivity index (χ4n) is 3.38. The maximum atomic E-state index is 13.0. The van der Waals surface area contributed by atoms with Crippen molar-refractivity contribution in [2.45, 2.75) is 25.9 Å².